The van der Waals surface area contributed by atoms with Gasteiger partial charge in [-0.05, 0) is 42.7 Å². The molecule has 0 aliphatic heterocycles. The maximum Gasteiger partial charge on any atom is 0.274 e. The molecular formula is C23H23N3O2. The molecule has 0 saturated carbocycles. The third-order valence-corrected chi connectivity index (χ3v) is 4.40. The van der Waals surface area contributed by atoms with Crippen LogP contribution in [-0.4, -0.2) is 16.8 Å². The van der Waals surface area contributed by atoms with Gasteiger partial charge in [0.1, 0.15) is 11.4 Å². The first-order valence-electron chi connectivity index (χ1n) is 9.27. The lowest BCUT2D eigenvalue weighted by molar-refractivity contribution is 0.0945. The summed E-state index contributed by atoms with van der Waals surface area (Å²) < 4.78 is 0. The van der Waals surface area contributed by atoms with Gasteiger partial charge in [-0.3, -0.25) is 9.59 Å². The predicted octanol–water partition coefficient (Wildman–Crippen LogP) is 4.13. The Morgan fingerprint density at radius 2 is 1.61 bits per heavy atom. The highest BCUT2D eigenvalue weighted by molar-refractivity contribution is 6.04. The van der Waals surface area contributed by atoms with Gasteiger partial charge in [-0.2, -0.15) is 0 Å². The van der Waals surface area contributed by atoms with Crippen LogP contribution in [0.4, 0.5) is 5.69 Å². The molecule has 1 aromatic heterocycles. The fourth-order valence-electron chi connectivity index (χ4n) is 2.92. The molecule has 5 nitrogen and oxygen atoms in total. The molecule has 0 atom stereocenters. The number of hydrogen-bond donors (Lipinski definition) is 2. The molecule has 0 spiro atoms. The number of rotatable bonds is 6. The summed E-state index contributed by atoms with van der Waals surface area (Å²) in [5, 5.41) is 5.72. The van der Waals surface area contributed by atoms with Crippen LogP contribution in [0.15, 0.2) is 66.7 Å². The lowest BCUT2D eigenvalue weighted by Gasteiger charge is -2.10. The van der Waals surface area contributed by atoms with E-state index in [4.69, 9.17) is 0 Å². The fourth-order valence-corrected chi connectivity index (χ4v) is 2.92. The lowest BCUT2D eigenvalue weighted by atomic mass is 10.1. The molecule has 142 valence electrons. The number of benzene rings is 2. The summed E-state index contributed by atoms with van der Waals surface area (Å²) in [4.78, 5) is 29.2. The Bertz CT molecular complexity index is 998. The van der Waals surface area contributed by atoms with Crippen molar-refractivity contribution < 1.29 is 9.59 Å². The summed E-state index contributed by atoms with van der Waals surface area (Å²) in [6.07, 6.45) is 0.811. The van der Waals surface area contributed by atoms with Gasteiger partial charge in [-0.1, -0.05) is 61.0 Å². The Kier molecular flexibility index (Phi) is 6.17. The summed E-state index contributed by atoms with van der Waals surface area (Å²) in [5.41, 5.74) is 4.36. The minimum absolute atomic E-state index is 0.203. The number of nitrogens with zero attached hydrogens (tertiary/aromatic N) is 1. The molecule has 5 heteroatoms. The van der Waals surface area contributed by atoms with Crippen LogP contribution >= 0.6 is 0 Å². The summed E-state index contributed by atoms with van der Waals surface area (Å²) in [7, 11) is 0. The molecule has 0 fully saturated rings. The summed E-state index contributed by atoms with van der Waals surface area (Å²) in [5.74, 6) is -0.653. The molecular weight excluding hydrogens is 350 g/mol. The van der Waals surface area contributed by atoms with Crippen molar-refractivity contribution in [3.63, 3.8) is 0 Å². The van der Waals surface area contributed by atoms with Crippen molar-refractivity contribution >= 4 is 17.5 Å². The molecule has 28 heavy (non-hydrogen) atoms. The van der Waals surface area contributed by atoms with Gasteiger partial charge in [0.25, 0.3) is 11.8 Å². The maximum absolute atomic E-state index is 12.6. The average molecular weight is 373 g/mol. The molecule has 2 aromatic carbocycles. The largest absolute Gasteiger partial charge is 0.347 e. The second kappa shape index (κ2) is 8.95. The molecule has 0 aliphatic carbocycles. The van der Waals surface area contributed by atoms with Crippen LogP contribution in [0.1, 0.15) is 44.6 Å². The zero-order chi connectivity index (χ0) is 19.9. The molecule has 3 aromatic rings. The van der Waals surface area contributed by atoms with E-state index in [9.17, 15) is 9.59 Å². The minimum atomic E-state index is -0.339. The van der Waals surface area contributed by atoms with Gasteiger partial charge in [0.05, 0.1) is 0 Å². The van der Waals surface area contributed by atoms with Crippen molar-refractivity contribution in [1.82, 2.24) is 10.3 Å². The predicted molar refractivity (Wildman–Crippen MR) is 110 cm³/mol. The quantitative estimate of drug-likeness (QED) is 0.682. The molecule has 3 rings (SSSR count). The number of para-hydroxylation sites is 1. The molecule has 1 heterocycles. The van der Waals surface area contributed by atoms with Crippen molar-refractivity contribution in [2.24, 2.45) is 0 Å². The summed E-state index contributed by atoms with van der Waals surface area (Å²) >= 11 is 0. The zero-order valence-corrected chi connectivity index (χ0v) is 16.0. The Hall–Kier alpha value is -3.47. The van der Waals surface area contributed by atoms with Crippen LogP contribution in [0.3, 0.4) is 0 Å². The van der Waals surface area contributed by atoms with Gasteiger partial charge in [-0.25, -0.2) is 4.98 Å². The standard InChI is InChI=1S/C23H23N3O2/c1-3-18-10-4-5-11-19(18)26-23(28)21-13-7-12-20(25-21)22(27)24-15-17-9-6-8-16(2)14-17/h4-14H,3,15H2,1-2H3,(H,24,27)(H,26,28). The van der Waals surface area contributed by atoms with E-state index in [2.05, 4.69) is 15.6 Å². The molecule has 0 saturated heterocycles. The number of hydrogen-bond acceptors (Lipinski definition) is 3. The van der Waals surface area contributed by atoms with Crippen LogP contribution in [0, 0.1) is 6.92 Å². The van der Waals surface area contributed by atoms with Crippen LogP contribution in [-0.2, 0) is 13.0 Å². The van der Waals surface area contributed by atoms with E-state index in [0.29, 0.717) is 6.54 Å². The second-order valence-electron chi connectivity index (χ2n) is 6.54. The smallest absolute Gasteiger partial charge is 0.274 e. The fraction of sp³-hybridized carbons (Fsp3) is 0.174. The first kappa shape index (κ1) is 19.3. The van der Waals surface area contributed by atoms with Crippen LogP contribution in [0.5, 0.6) is 0 Å². The molecule has 0 bridgehead atoms. The monoisotopic (exact) mass is 373 g/mol. The van der Waals surface area contributed by atoms with Crippen molar-refractivity contribution in [3.8, 4) is 0 Å². The van der Waals surface area contributed by atoms with E-state index < -0.39 is 0 Å². The van der Waals surface area contributed by atoms with E-state index in [1.807, 2.05) is 62.4 Å². The number of anilines is 1. The topological polar surface area (TPSA) is 71.1 Å². The maximum atomic E-state index is 12.6. The van der Waals surface area contributed by atoms with E-state index in [-0.39, 0.29) is 23.2 Å². The summed E-state index contributed by atoms with van der Waals surface area (Å²) in [6.45, 7) is 4.44. The number of carbonyl (C=O) groups excluding carboxylic acids is 2. The first-order chi connectivity index (χ1) is 13.6. The number of nitrogens with one attached hydrogen (secondary N) is 2. The highest BCUT2D eigenvalue weighted by atomic mass is 16.2. The highest BCUT2D eigenvalue weighted by Gasteiger charge is 2.13. The van der Waals surface area contributed by atoms with Crippen molar-refractivity contribution in [2.75, 3.05) is 5.32 Å². The normalized spacial score (nSPS) is 10.4. The Morgan fingerprint density at radius 3 is 2.36 bits per heavy atom. The van der Waals surface area contributed by atoms with Gasteiger partial charge in [0, 0.05) is 12.2 Å². The highest BCUT2D eigenvalue weighted by Crippen LogP contribution is 2.16. The van der Waals surface area contributed by atoms with Crippen molar-refractivity contribution in [3.05, 3.63) is 94.8 Å². The van der Waals surface area contributed by atoms with Crippen molar-refractivity contribution in [2.45, 2.75) is 26.8 Å². The Labute approximate surface area is 164 Å². The average Bonchev–Trinajstić information content (AvgIpc) is 2.72. The summed E-state index contributed by atoms with van der Waals surface area (Å²) in [6, 6.07) is 20.4. The lowest BCUT2D eigenvalue weighted by Crippen LogP contribution is -2.25. The molecule has 2 N–H and O–H groups in total. The number of pyridine rings is 1. The second-order valence-corrected chi connectivity index (χ2v) is 6.54. The molecule has 0 unspecified atom stereocenters. The molecule has 0 radical (unpaired) electrons. The Balaban J connectivity index is 1.69. The SMILES string of the molecule is CCc1ccccc1NC(=O)c1cccc(C(=O)NCc2cccc(C)c2)n1. The first-order valence-corrected chi connectivity index (χ1v) is 9.27. The minimum Gasteiger partial charge on any atom is -0.347 e. The third-order valence-electron chi connectivity index (χ3n) is 4.40. The number of amides is 2. The van der Waals surface area contributed by atoms with Gasteiger partial charge in [0.2, 0.25) is 0 Å². The van der Waals surface area contributed by atoms with Gasteiger partial charge in [0.15, 0.2) is 0 Å². The van der Waals surface area contributed by atoms with Gasteiger partial charge in [-0.15, -0.1) is 0 Å². The third kappa shape index (κ3) is 4.82. The number of carbonyl (C=O) groups is 2. The number of aryl methyl sites for hydroxylation is 2. The van der Waals surface area contributed by atoms with Crippen molar-refractivity contribution in [1.29, 1.82) is 0 Å². The van der Waals surface area contributed by atoms with E-state index in [1.54, 1.807) is 18.2 Å². The van der Waals surface area contributed by atoms with Crippen LogP contribution < -0.4 is 10.6 Å². The van der Waals surface area contributed by atoms with Gasteiger partial charge >= 0.3 is 0 Å². The molecule has 2 amide bonds. The zero-order valence-electron chi connectivity index (χ0n) is 16.0. The number of aromatic nitrogens is 1. The van der Waals surface area contributed by atoms with Crippen LogP contribution in [0.2, 0.25) is 0 Å². The van der Waals surface area contributed by atoms with E-state index >= 15 is 0 Å². The van der Waals surface area contributed by atoms with E-state index in [0.717, 1.165) is 28.8 Å². The van der Waals surface area contributed by atoms with E-state index in [1.165, 1.54) is 0 Å². The molecule has 0 aliphatic rings. The van der Waals surface area contributed by atoms with Crippen LogP contribution in [0.25, 0.3) is 0 Å². The Morgan fingerprint density at radius 1 is 0.893 bits per heavy atom. The van der Waals surface area contributed by atoms with Gasteiger partial charge < -0.3 is 10.6 Å².